The van der Waals surface area contributed by atoms with Crippen LogP contribution in [0.1, 0.15) is 17.0 Å². The molecule has 0 aliphatic carbocycles. The highest BCUT2D eigenvalue weighted by Crippen LogP contribution is 2.25. The highest BCUT2D eigenvalue weighted by atomic mass is 16.5. The monoisotopic (exact) mass is 301 g/mol. The summed E-state index contributed by atoms with van der Waals surface area (Å²) in [4.78, 5) is 21.0. The molecule has 0 radical (unpaired) electrons. The van der Waals surface area contributed by atoms with Crippen LogP contribution in [0.3, 0.4) is 0 Å². The molecule has 0 unspecified atom stereocenters. The Kier molecular flexibility index (Phi) is 4.11. The highest BCUT2D eigenvalue weighted by molar-refractivity contribution is 5.45. The molecule has 0 saturated heterocycles. The van der Waals surface area contributed by atoms with E-state index in [1.54, 1.807) is 14.2 Å². The van der Waals surface area contributed by atoms with Gasteiger partial charge in [-0.25, -0.2) is 4.98 Å². The van der Waals surface area contributed by atoms with Crippen LogP contribution in [-0.2, 0) is 24.3 Å². The first kappa shape index (κ1) is 14.6. The zero-order valence-electron chi connectivity index (χ0n) is 12.8. The van der Waals surface area contributed by atoms with Gasteiger partial charge in [-0.1, -0.05) is 6.07 Å². The molecule has 6 heteroatoms. The van der Waals surface area contributed by atoms with Gasteiger partial charge in [0, 0.05) is 26.3 Å². The molecule has 1 aliphatic rings. The molecule has 116 valence electrons. The third-order valence-corrected chi connectivity index (χ3v) is 3.81. The lowest BCUT2D eigenvalue weighted by Crippen LogP contribution is -2.32. The number of hydrogen-bond donors (Lipinski definition) is 1. The Morgan fingerprint density at radius 2 is 2.14 bits per heavy atom. The number of ether oxygens (including phenoxy) is 2. The van der Waals surface area contributed by atoms with E-state index in [0.29, 0.717) is 18.2 Å². The summed E-state index contributed by atoms with van der Waals surface area (Å²) >= 11 is 0. The molecule has 2 aromatic rings. The van der Waals surface area contributed by atoms with Crippen molar-refractivity contribution in [3.63, 3.8) is 0 Å². The van der Waals surface area contributed by atoms with Crippen LogP contribution in [0.25, 0.3) is 0 Å². The predicted octanol–water partition coefficient (Wildman–Crippen LogP) is 1.49. The summed E-state index contributed by atoms with van der Waals surface area (Å²) in [7, 11) is 3.24. The second-order valence-corrected chi connectivity index (χ2v) is 5.29. The third-order valence-electron chi connectivity index (χ3n) is 3.81. The van der Waals surface area contributed by atoms with Crippen molar-refractivity contribution in [3.8, 4) is 5.75 Å². The molecule has 0 bridgehead atoms. The fourth-order valence-electron chi connectivity index (χ4n) is 2.72. The number of H-pyrrole nitrogens is 1. The zero-order valence-corrected chi connectivity index (χ0v) is 12.8. The molecule has 3 rings (SSSR count). The molecular weight excluding hydrogens is 282 g/mol. The number of nitrogens with zero attached hydrogens (tertiary/aromatic N) is 2. The van der Waals surface area contributed by atoms with Crippen molar-refractivity contribution >= 4 is 5.82 Å². The van der Waals surface area contributed by atoms with Gasteiger partial charge in [0.1, 0.15) is 24.0 Å². The topological polar surface area (TPSA) is 67.5 Å². The molecular formula is C16H19N3O3. The minimum absolute atomic E-state index is 0.159. The van der Waals surface area contributed by atoms with Crippen molar-refractivity contribution in [3.05, 3.63) is 51.6 Å². The van der Waals surface area contributed by atoms with Crippen molar-refractivity contribution in [1.82, 2.24) is 9.97 Å². The average Bonchev–Trinajstić information content (AvgIpc) is 2.53. The first-order valence-electron chi connectivity index (χ1n) is 7.19. The number of fused-ring (bicyclic) bond motifs is 1. The van der Waals surface area contributed by atoms with Gasteiger partial charge in [0.15, 0.2) is 0 Å². The SMILES string of the molecule is COCc1nc(N2CCc3ccc(OC)cc3C2)cc(=O)[nH]1. The number of anilines is 1. The summed E-state index contributed by atoms with van der Waals surface area (Å²) in [5.74, 6) is 2.07. The minimum Gasteiger partial charge on any atom is -0.497 e. The number of benzene rings is 1. The van der Waals surface area contributed by atoms with Crippen molar-refractivity contribution in [1.29, 1.82) is 0 Å². The number of aromatic amines is 1. The minimum atomic E-state index is -0.159. The third kappa shape index (κ3) is 2.96. The van der Waals surface area contributed by atoms with Crippen LogP contribution >= 0.6 is 0 Å². The summed E-state index contributed by atoms with van der Waals surface area (Å²) in [5, 5.41) is 0. The highest BCUT2D eigenvalue weighted by Gasteiger charge is 2.19. The molecule has 6 nitrogen and oxygen atoms in total. The van der Waals surface area contributed by atoms with Crippen LogP contribution in [0, 0.1) is 0 Å². The zero-order chi connectivity index (χ0) is 15.5. The van der Waals surface area contributed by atoms with Crippen LogP contribution in [0.15, 0.2) is 29.1 Å². The largest absolute Gasteiger partial charge is 0.497 e. The number of methoxy groups -OCH3 is 2. The van der Waals surface area contributed by atoms with E-state index in [2.05, 4.69) is 20.9 Å². The molecule has 0 amide bonds. The standard InChI is InChI=1S/C16H19N3O3/c1-21-10-14-17-15(8-16(20)18-14)19-6-5-11-3-4-13(22-2)7-12(11)9-19/h3-4,7-8H,5-6,9-10H2,1-2H3,(H,17,18,20). The fraction of sp³-hybridized carbons (Fsp3) is 0.375. The van der Waals surface area contributed by atoms with E-state index in [-0.39, 0.29) is 5.56 Å². The van der Waals surface area contributed by atoms with Crippen molar-refractivity contribution in [2.75, 3.05) is 25.7 Å². The maximum absolute atomic E-state index is 11.8. The van der Waals surface area contributed by atoms with Crippen LogP contribution in [0.5, 0.6) is 5.75 Å². The number of aromatic nitrogens is 2. The number of nitrogens with one attached hydrogen (secondary N) is 1. The fourth-order valence-corrected chi connectivity index (χ4v) is 2.72. The van der Waals surface area contributed by atoms with Gasteiger partial charge in [-0.05, 0) is 29.7 Å². The van der Waals surface area contributed by atoms with E-state index in [0.717, 1.165) is 25.3 Å². The molecule has 0 atom stereocenters. The van der Waals surface area contributed by atoms with Gasteiger partial charge in [0.2, 0.25) is 0 Å². The quantitative estimate of drug-likeness (QED) is 0.926. The molecule has 1 aromatic heterocycles. The van der Waals surface area contributed by atoms with Crippen LogP contribution in [0.4, 0.5) is 5.82 Å². The predicted molar refractivity (Wildman–Crippen MR) is 83.3 cm³/mol. The first-order chi connectivity index (χ1) is 10.7. The van der Waals surface area contributed by atoms with E-state index in [1.165, 1.54) is 17.2 Å². The molecule has 0 spiro atoms. The van der Waals surface area contributed by atoms with E-state index in [9.17, 15) is 4.79 Å². The van der Waals surface area contributed by atoms with Gasteiger partial charge in [-0.2, -0.15) is 0 Å². The van der Waals surface area contributed by atoms with E-state index < -0.39 is 0 Å². The Bertz CT molecular complexity index is 727. The Morgan fingerprint density at radius 1 is 1.27 bits per heavy atom. The van der Waals surface area contributed by atoms with Crippen molar-refractivity contribution < 1.29 is 9.47 Å². The van der Waals surface area contributed by atoms with Gasteiger partial charge < -0.3 is 19.4 Å². The van der Waals surface area contributed by atoms with Crippen LogP contribution in [-0.4, -0.2) is 30.7 Å². The summed E-state index contributed by atoms with van der Waals surface area (Å²) in [6.45, 7) is 1.85. The lowest BCUT2D eigenvalue weighted by atomic mass is 9.99. The number of rotatable bonds is 4. The first-order valence-corrected chi connectivity index (χ1v) is 7.19. The van der Waals surface area contributed by atoms with Crippen LogP contribution in [0.2, 0.25) is 0 Å². The average molecular weight is 301 g/mol. The molecule has 2 heterocycles. The maximum atomic E-state index is 11.8. The van der Waals surface area contributed by atoms with Crippen LogP contribution < -0.4 is 15.2 Å². The Balaban J connectivity index is 1.89. The summed E-state index contributed by atoms with van der Waals surface area (Å²) in [6, 6.07) is 7.67. The van der Waals surface area contributed by atoms with E-state index >= 15 is 0 Å². The molecule has 1 N–H and O–H groups in total. The van der Waals surface area contributed by atoms with Gasteiger partial charge in [0.25, 0.3) is 5.56 Å². The smallest absolute Gasteiger partial charge is 0.253 e. The van der Waals surface area contributed by atoms with Gasteiger partial charge in [-0.15, -0.1) is 0 Å². The number of hydrogen-bond acceptors (Lipinski definition) is 5. The molecule has 1 aromatic carbocycles. The molecule has 22 heavy (non-hydrogen) atoms. The van der Waals surface area contributed by atoms with Gasteiger partial charge >= 0.3 is 0 Å². The van der Waals surface area contributed by atoms with E-state index in [1.807, 2.05) is 12.1 Å². The van der Waals surface area contributed by atoms with Gasteiger partial charge in [-0.3, -0.25) is 4.79 Å². The second-order valence-electron chi connectivity index (χ2n) is 5.29. The summed E-state index contributed by atoms with van der Waals surface area (Å²) in [5.41, 5.74) is 2.37. The normalized spacial score (nSPS) is 13.8. The Labute approximate surface area is 128 Å². The summed E-state index contributed by atoms with van der Waals surface area (Å²) < 4.78 is 10.3. The lowest BCUT2D eigenvalue weighted by Gasteiger charge is -2.30. The lowest BCUT2D eigenvalue weighted by molar-refractivity contribution is 0.177. The van der Waals surface area contributed by atoms with Gasteiger partial charge in [0.05, 0.1) is 7.11 Å². The Morgan fingerprint density at radius 3 is 2.91 bits per heavy atom. The maximum Gasteiger partial charge on any atom is 0.253 e. The van der Waals surface area contributed by atoms with Crippen molar-refractivity contribution in [2.24, 2.45) is 0 Å². The second kappa shape index (κ2) is 6.19. The molecule has 1 aliphatic heterocycles. The molecule has 0 fully saturated rings. The molecule has 0 saturated carbocycles. The van der Waals surface area contributed by atoms with E-state index in [4.69, 9.17) is 9.47 Å². The summed E-state index contributed by atoms with van der Waals surface area (Å²) in [6.07, 6.45) is 0.924. The Hall–Kier alpha value is -2.34. The van der Waals surface area contributed by atoms with Crippen molar-refractivity contribution in [2.45, 2.75) is 19.6 Å².